The number of rotatable bonds is 4. The maximum absolute atomic E-state index is 10.9. The molecule has 0 radical (unpaired) electrons. The zero-order valence-electron chi connectivity index (χ0n) is 8.49. The highest BCUT2D eigenvalue weighted by Gasteiger charge is 2.00. The summed E-state index contributed by atoms with van der Waals surface area (Å²) < 4.78 is 5.33. The van der Waals surface area contributed by atoms with E-state index in [1.54, 1.807) is 6.19 Å². The van der Waals surface area contributed by atoms with Crippen molar-refractivity contribution in [2.45, 2.75) is 13.3 Å². The maximum atomic E-state index is 10.9. The second-order valence-electron chi connectivity index (χ2n) is 3.07. The Hall–Kier alpha value is -2.02. The molecule has 15 heavy (non-hydrogen) atoms. The average Bonchev–Trinajstić information content (AvgIpc) is 2.18. The van der Waals surface area contributed by atoms with Crippen LogP contribution in [0, 0.1) is 18.4 Å². The summed E-state index contributed by atoms with van der Waals surface area (Å²) in [5.74, 6) is 0.407. The number of ether oxygens (including phenoxy) is 1. The van der Waals surface area contributed by atoms with Gasteiger partial charge < -0.3 is 4.74 Å². The molecule has 0 heterocycles. The van der Waals surface area contributed by atoms with E-state index < -0.39 is 0 Å². The molecular formula is C11H12N2O2. The van der Waals surface area contributed by atoms with Crippen LogP contribution in [0.15, 0.2) is 24.3 Å². The van der Waals surface area contributed by atoms with Gasteiger partial charge in [0.15, 0.2) is 6.19 Å². The number of carbonyl (C=O) groups excluding carboxylic acids is 1. The lowest BCUT2D eigenvalue weighted by atomic mass is 10.2. The Bertz CT molecular complexity index is 382. The lowest BCUT2D eigenvalue weighted by molar-refractivity contribution is -0.120. The number of amides is 1. The topological polar surface area (TPSA) is 62.1 Å². The van der Waals surface area contributed by atoms with Crippen LogP contribution in [0.3, 0.4) is 0 Å². The number of carbonyl (C=O) groups is 1. The largest absolute Gasteiger partial charge is 0.493 e. The Morgan fingerprint density at radius 3 is 3.07 bits per heavy atom. The monoisotopic (exact) mass is 204 g/mol. The zero-order chi connectivity index (χ0) is 11.1. The fraction of sp³-hybridized carbons (Fsp3) is 0.273. The van der Waals surface area contributed by atoms with Crippen molar-refractivity contribution < 1.29 is 9.53 Å². The SMILES string of the molecule is Cc1cccc(OCCC(=O)NC#N)c1. The highest BCUT2D eigenvalue weighted by atomic mass is 16.5. The van der Waals surface area contributed by atoms with Gasteiger partial charge in [0.1, 0.15) is 5.75 Å². The normalized spacial score (nSPS) is 9.07. The Kier molecular flexibility index (Phi) is 4.17. The van der Waals surface area contributed by atoms with Crippen LogP contribution in [0.2, 0.25) is 0 Å². The number of nitriles is 1. The summed E-state index contributed by atoms with van der Waals surface area (Å²) in [4.78, 5) is 10.9. The van der Waals surface area contributed by atoms with Crippen LogP contribution in [0.4, 0.5) is 0 Å². The second-order valence-corrected chi connectivity index (χ2v) is 3.07. The van der Waals surface area contributed by atoms with Crippen molar-refractivity contribution in [1.82, 2.24) is 5.32 Å². The number of nitrogens with one attached hydrogen (secondary N) is 1. The van der Waals surface area contributed by atoms with Crippen molar-refractivity contribution in [1.29, 1.82) is 5.26 Å². The number of nitrogens with zero attached hydrogens (tertiary/aromatic N) is 1. The van der Waals surface area contributed by atoms with Crippen LogP contribution in [0.5, 0.6) is 5.75 Å². The summed E-state index contributed by atoms with van der Waals surface area (Å²) in [7, 11) is 0. The molecule has 4 nitrogen and oxygen atoms in total. The molecule has 1 aromatic carbocycles. The molecule has 1 N–H and O–H groups in total. The smallest absolute Gasteiger partial charge is 0.236 e. The van der Waals surface area contributed by atoms with E-state index in [1.807, 2.05) is 36.5 Å². The van der Waals surface area contributed by atoms with Crippen LogP contribution < -0.4 is 10.1 Å². The van der Waals surface area contributed by atoms with Crippen LogP contribution in [-0.4, -0.2) is 12.5 Å². The van der Waals surface area contributed by atoms with Crippen molar-refractivity contribution in [2.24, 2.45) is 0 Å². The first kappa shape index (κ1) is 11.1. The molecule has 0 aliphatic carbocycles. The Labute approximate surface area is 88.5 Å². The van der Waals surface area contributed by atoms with Gasteiger partial charge in [-0.05, 0) is 24.6 Å². The highest BCUT2D eigenvalue weighted by Crippen LogP contribution is 2.12. The molecule has 0 fully saturated rings. The minimum Gasteiger partial charge on any atom is -0.493 e. The van der Waals surface area contributed by atoms with Crippen LogP contribution in [-0.2, 0) is 4.79 Å². The van der Waals surface area contributed by atoms with Gasteiger partial charge in [0.2, 0.25) is 5.91 Å². The van der Waals surface area contributed by atoms with E-state index in [9.17, 15) is 4.79 Å². The lowest BCUT2D eigenvalue weighted by Gasteiger charge is -2.05. The van der Waals surface area contributed by atoms with Crippen molar-refractivity contribution >= 4 is 5.91 Å². The number of aryl methyl sites for hydroxylation is 1. The number of hydrogen-bond donors (Lipinski definition) is 1. The molecule has 0 aliphatic heterocycles. The van der Waals surface area contributed by atoms with E-state index in [2.05, 4.69) is 0 Å². The third-order valence-electron chi connectivity index (χ3n) is 1.78. The Morgan fingerprint density at radius 1 is 1.60 bits per heavy atom. The van der Waals surface area contributed by atoms with E-state index in [4.69, 9.17) is 10.00 Å². The van der Waals surface area contributed by atoms with Gasteiger partial charge in [-0.25, -0.2) is 0 Å². The molecule has 1 rings (SSSR count). The zero-order valence-corrected chi connectivity index (χ0v) is 8.49. The van der Waals surface area contributed by atoms with Crippen LogP contribution in [0.25, 0.3) is 0 Å². The highest BCUT2D eigenvalue weighted by molar-refractivity contribution is 5.77. The summed E-state index contributed by atoms with van der Waals surface area (Å²) in [6.07, 6.45) is 1.75. The standard InChI is InChI=1S/C11H12N2O2/c1-9-3-2-4-10(7-9)15-6-5-11(14)13-8-12/h2-4,7H,5-6H2,1H3,(H,13,14). The van der Waals surface area contributed by atoms with Gasteiger partial charge in [-0.2, -0.15) is 5.26 Å². The van der Waals surface area contributed by atoms with Crippen molar-refractivity contribution in [3.63, 3.8) is 0 Å². The summed E-state index contributed by atoms with van der Waals surface area (Å²) in [5, 5.41) is 10.2. The summed E-state index contributed by atoms with van der Waals surface area (Å²) in [6, 6.07) is 7.58. The van der Waals surface area contributed by atoms with E-state index in [0.29, 0.717) is 0 Å². The van der Waals surface area contributed by atoms with E-state index in [0.717, 1.165) is 11.3 Å². The second kappa shape index (κ2) is 5.66. The first-order valence-electron chi connectivity index (χ1n) is 4.60. The van der Waals surface area contributed by atoms with E-state index in [-0.39, 0.29) is 18.9 Å². The van der Waals surface area contributed by atoms with Crippen molar-refractivity contribution in [3.05, 3.63) is 29.8 Å². The Balaban J connectivity index is 2.32. The molecule has 0 aromatic heterocycles. The van der Waals surface area contributed by atoms with Gasteiger partial charge in [0.25, 0.3) is 0 Å². The van der Waals surface area contributed by atoms with Crippen molar-refractivity contribution in [3.8, 4) is 11.9 Å². The molecule has 1 amide bonds. The quantitative estimate of drug-likeness (QED) is 0.595. The first-order chi connectivity index (χ1) is 7.22. The van der Waals surface area contributed by atoms with Gasteiger partial charge in [-0.15, -0.1) is 0 Å². The molecule has 78 valence electrons. The fourth-order valence-electron chi connectivity index (χ4n) is 1.09. The molecular weight excluding hydrogens is 192 g/mol. The number of benzene rings is 1. The van der Waals surface area contributed by atoms with Gasteiger partial charge in [-0.3, -0.25) is 10.1 Å². The maximum Gasteiger partial charge on any atom is 0.236 e. The average molecular weight is 204 g/mol. The van der Waals surface area contributed by atoms with E-state index in [1.165, 1.54) is 0 Å². The van der Waals surface area contributed by atoms with Gasteiger partial charge >= 0.3 is 0 Å². The lowest BCUT2D eigenvalue weighted by Crippen LogP contribution is -2.19. The minimum absolute atomic E-state index is 0.182. The molecule has 0 unspecified atom stereocenters. The van der Waals surface area contributed by atoms with Gasteiger partial charge in [0, 0.05) is 0 Å². The van der Waals surface area contributed by atoms with E-state index >= 15 is 0 Å². The first-order valence-corrected chi connectivity index (χ1v) is 4.60. The van der Waals surface area contributed by atoms with Crippen LogP contribution in [0.1, 0.15) is 12.0 Å². The molecule has 0 saturated heterocycles. The molecule has 0 bridgehead atoms. The predicted octanol–water partition coefficient (Wildman–Crippen LogP) is 1.36. The third-order valence-corrected chi connectivity index (χ3v) is 1.78. The minimum atomic E-state index is -0.329. The summed E-state index contributed by atoms with van der Waals surface area (Å²) in [5.41, 5.74) is 1.11. The molecule has 0 aliphatic rings. The Morgan fingerprint density at radius 2 is 2.40 bits per heavy atom. The summed E-state index contributed by atoms with van der Waals surface area (Å²) in [6.45, 7) is 2.24. The fourth-order valence-corrected chi connectivity index (χ4v) is 1.09. The third kappa shape index (κ3) is 4.14. The predicted molar refractivity (Wildman–Crippen MR) is 55.0 cm³/mol. The van der Waals surface area contributed by atoms with Gasteiger partial charge in [0.05, 0.1) is 13.0 Å². The molecule has 0 atom stereocenters. The molecule has 1 aromatic rings. The van der Waals surface area contributed by atoms with Crippen LogP contribution >= 0.6 is 0 Å². The summed E-state index contributed by atoms with van der Waals surface area (Å²) >= 11 is 0. The van der Waals surface area contributed by atoms with Crippen molar-refractivity contribution in [2.75, 3.05) is 6.61 Å². The molecule has 0 spiro atoms. The number of hydrogen-bond acceptors (Lipinski definition) is 3. The molecule has 0 saturated carbocycles. The van der Waals surface area contributed by atoms with Gasteiger partial charge in [-0.1, -0.05) is 12.1 Å². The molecule has 4 heteroatoms.